The van der Waals surface area contributed by atoms with Gasteiger partial charge in [0.05, 0.1) is 12.0 Å². The van der Waals surface area contributed by atoms with Crippen LogP contribution in [0.5, 0.6) is 0 Å². The minimum absolute atomic E-state index is 0.659. The third kappa shape index (κ3) is 6.71. The van der Waals surface area contributed by atoms with Gasteiger partial charge in [0.25, 0.3) is 0 Å². The SMILES string of the molecule is CC(C)CN(CCN(C)C)Cc1cn(CCN)cn1. The Morgan fingerprint density at radius 1 is 1.32 bits per heavy atom. The lowest BCUT2D eigenvalue weighted by Crippen LogP contribution is -2.34. The molecule has 0 fully saturated rings. The third-order valence-electron chi connectivity index (χ3n) is 2.95. The van der Waals surface area contributed by atoms with Crippen molar-refractivity contribution in [3.8, 4) is 0 Å². The molecule has 19 heavy (non-hydrogen) atoms. The summed E-state index contributed by atoms with van der Waals surface area (Å²) in [5.74, 6) is 0.674. The first-order chi connectivity index (χ1) is 9.01. The minimum Gasteiger partial charge on any atom is -0.336 e. The molecule has 0 aliphatic rings. The number of likely N-dealkylation sites (N-methyl/N-ethyl adjacent to an activating group) is 1. The Kier molecular flexibility index (Phi) is 7.05. The molecule has 0 aliphatic carbocycles. The van der Waals surface area contributed by atoms with Gasteiger partial charge in [-0.3, -0.25) is 4.90 Å². The van der Waals surface area contributed by atoms with E-state index in [2.05, 4.69) is 53.5 Å². The van der Waals surface area contributed by atoms with E-state index in [1.54, 1.807) is 0 Å². The molecular formula is C14H29N5. The van der Waals surface area contributed by atoms with Crippen LogP contribution in [-0.4, -0.2) is 59.6 Å². The fraction of sp³-hybridized carbons (Fsp3) is 0.786. The van der Waals surface area contributed by atoms with E-state index in [0.29, 0.717) is 12.5 Å². The topological polar surface area (TPSA) is 50.3 Å². The molecule has 0 aliphatic heterocycles. The summed E-state index contributed by atoms with van der Waals surface area (Å²) in [5.41, 5.74) is 6.69. The van der Waals surface area contributed by atoms with Gasteiger partial charge in [-0.05, 0) is 20.0 Å². The Bertz CT molecular complexity index is 345. The third-order valence-corrected chi connectivity index (χ3v) is 2.95. The average molecular weight is 267 g/mol. The van der Waals surface area contributed by atoms with Gasteiger partial charge >= 0.3 is 0 Å². The maximum Gasteiger partial charge on any atom is 0.0950 e. The summed E-state index contributed by atoms with van der Waals surface area (Å²) in [7, 11) is 4.23. The van der Waals surface area contributed by atoms with Gasteiger partial charge in [-0.2, -0.15) is 0 Å². The first-order valence-corrected chi connectivity index (χ1v) is 7.09. The highest BCUT2D eigenvalue weighted by Gasteiger charge is 2.10. The van der Waals surface area contributed by atoms with Crippen LogP contribution in [0.1, 0.15) is 19.5 Å². The number of nitrogens with zero attached hydrogens (tertiary/aromatic N) is 4. The van der Waals surface area contributed by atoms with Crippen LogP contribution < -0.4 is 5.73 Å². The van der Waals surface area contributed by atoms with Crippen LogP contribution >= 0.6 is 0 Å². The van der Waals surface area contributed by atoms with E-state index in [1.807, 2.05) is 6.33 Å². The van der Waals surface area contributed by atoms with Crippen molar-refractivity contribution in [2.45, 2.75) is 26.9 Å². The molecule has 1 aromatic rings. The molecule has 0 aromatic carbocycles. The Labute approximate surface area is 117 Å². The molecule has 2 N–H and O–H groups in total. The van der Waals surface area contributed by atoms with Crippen molar-refractivity contribution < 1.29 is 0 Å². The first kappa shape index (κ1) is 16.1. The zero-order valence-corrected chi connectivity index (χ0v) is 12.8. The Morgan fingerprint density at radius 3 is 2.63 bits per heavy atom. The van der Waals surface area contributed by atoms with Crippen molar-refractivity contribution in [2.75, 3.05) is 40.3 Å². The molecular weight excluding hydrogens is 238 g/mol. The van der Waals surface area contributed by atoms with E-state index in [9.17, 15) is 0 Å². The summed E-state index contributed by atoms with van der Waals surface area (Å²) in [6.45, 7) is 10.2. The number of hydrogen-bond donors (Lipinski definition) is 1. The predicted octanol–water partition coefficient (Wildman–Crippen LogP) is 0.861. The summed E-state index contributed by atoms with van der Waals surface area (Å²) < 4.78 is 2.06. The molecule has 0 unspecified atom stereocenters. The fourth-order valence-corrected chi connectivity index (χ4v) is 2.08. The maximum atomic E-state index is 5.55. The molecule has 1 heterocycles. The van der Waals surface area contributed by atoms with E-state index in [1.165, 1.54) is 0 Å². The van der Waals surface area contributed by atoms with Crippen molar-refractivity contribution in [1.82, 2.24) is 19.4 Å². The highest BCUT2D eigenvalue weighted by Crippen LogP contribution is 2.06. The maximum absolute atomic E-state index is 5.55. The molecule has 0 saturated heterocycles. The van der Waals surface area contributed by atoms with Gasteiger partial charge in [-0.25, -0.2) is 4.98 Å². The second-order valence-electron chi connectivity index (χ2n) is 5.82. The minimum atomic E-state index is 0.659. The highest BCUT2D eigenvalue weighted by molar-refractivity contribution is 4.96. The van der Waals surface area contributed by atoms with Crippen LogP contribution in [0.25, 0.3) is 0 Å². The van der Waals surface area contributed by atoms with Crippen LogP contribution in [0.2, 0.25) is 0 Å². The van der Waals surface area contributed by atoms with E-state index in [4.69, 9.17) is 5.73 Å². The van der Waals surface area contributed by atoms with Crippen LogP contribution in [0.4, 0.5) is 0 Å². The van der Waals surface area contributed by atoms with Gasteiger partial charge in [0.1, 0.15) is 0 Å². The Morgan fingerprint density at radius 2 is 2.05 bits per heavy atom. The van der Waals surface area contributed by atoms with Gasteiger partial charge in [0, 0.05) is 45.5 Å². The van der Waals surface area contributed by atoms with Crippen LogP contribution in [0.3, 0.4) is 0 Å². The number of hydrogen-bond acceptors (Lipinski definition) is 4. The fourth-order valence-electron chi connectivity index (χ4n) is 2.08. The summed E-state index contributed by atoms with van der Waals surface area (Å²) in [6.07, 6.45) is 3.98. The van der Waals surface area contributed by atoms with Gasteiger partial charge < -0.3 is 15.2 Å². The van der Waals surface area contributed by atoms with Gasteiger partial charge in [-0.15, -0.1) is 0 Å². The average Bonchev–Trinajstić information content (AvgIpc) is 2.73. The van der Waals surface area contributed by atoms with E-state index in [-0.39, 0.29) is 0 Å². The molecule has 0 atom stereocenters. The van der Waals surface area contributed by atoms with Crippen LogP contribution in [-0.2, 0) is 13.1 Å². The molecule has 0 radical (unpaired) electrons. The molecule has 0 bridgehead atoms. The molecule has 0 saturated carbocycles. The number of rotatable bonds is 9. The molecule has 5 nitrogen and oxygen atoms in total. The highest BCUT2D eigenvalue weighted by atomic mass is 15.2. The number of imidazole rings is 1. The van der Waals surface area contributed by atoms with Crippen molar-refractivity contribution in [1.29, 1.82) is 0 Å². The Balaban J connectivity index is 2.53. The monoisotopic (exact) mass is 267 g/mol. The second kappa shape index (κ2) is 8.30. The van der Waals surface area contributed by atoms with Gasteiger partial charge in [0.15, 0.2) is 0 Å². The molecule has 1 rings (SSSR count). The number of aromatic nitrogens is 2. The molecule has 0 spiro atoms. The molecule has 0 amide bonds. The van der Waals surface area contributed by atoms with Crippen molar-refractivity contribution in [3.05, 3.63) is 18.2 Å². The molecule has 5 heteroatoms. The largest absolute Gasteiger partial charge is 0.336 e. The smallest absolute Gasteiger partial charge is 0.0950 e. The lowest BCUT2D eigenvalue weighted by molar-refractivity contribution is 0.210. The molecule has 110 valence electrons. The summed E-state index contributed by atoms with van der Waals surface area (Å²) in [4.78, 5) is 9.16. The Hall–Kier alpha value is -0.910. The first-order valence-electron chi connectivity index (χ1n) is 7.09. The van der Waals surface area contributed by atoms with Crippen molar-refractivity contribution in [3.63, 3.8) is 0 Å². The van der Waals surface area contributed by atoms with Crippen LogP contribution in [0, 0.1) is 5.92 Å². The zero-order valence-electron chi connectivity index (χ0n) is 12.8. The lowest BCUT2D eigenvalue weighted by Gasteiger charge is -2.25. The summed E-state index contributed by atoms with van der Waals surface area (Å²) in [5, 5.41) is 0. The second-order valence-corrected chi connectivity index (χ2v) is 5.82. The zero-order chi connectivity index (χ0) is 14.3. The van der Waals surface area contributed by atoms with Crippen molar-refractivity contribution >= 4 is 0 Å². The standard InChI is InChI=1S/C14H29N5/c1-13(2)9-18(8-7-17(3)4)10-14-11-19(6-5-15)12-16-14/h11-13H,5-10,15H2,1-4H3. The molecule has 1 aromatic heterocycles. The van der Waals surface area contributed by atoms with E-state index in [0.717, 1.165) is 38.4 Å². The quantitative estimate of drug-likeness (QED) is 0.721. The predicted molar refractivity (Wildman–Crippen MR) is 80.0 cm³/mol. The van der Waals surface area contributed by atoms with Gasteiger partial charge in [-0.1, -0.05) is 13.8 Å². The normalized spacial score (nSPS) is 12.0. The van der Waals surface area contributed by atoms with Crippen LogP contribution in [0.15, 0.2) is 12.5 Å². The lowest BCUT2D eigenvalue weighted by atomic mass is 10.2. The van der Waals surface area contributed by atoms with Crippen molar-refractivity contribution in [2.24, 2.45) is 11.7 Å². The number of nitrogens with two attached hydrogens (primary N) is 1. The van der Waals surface area contributed by atoms with E-state index < -0.39 is 0 Å². The summed E-state index contributed by atoms with van der Waals surface area (Å²) >= 11 is 0. The van der Waals surface area contributed by atoms with Gasteiger partial charge in [0.2, 0.25) is 0 Å². The summed E-state index contributed by atoms with van der Waals surface area (Å²) in [6, 6.07) is 0. The van der Waals surface area contributed by atoms with E-state index >= 15 is 0 Å².